The molecule has 1 aliphatic rings. The molecule has 1 aliphatic carbocycles. The minimum Gasteiger partial charge on any atom is -0.465 e. The molecule has 1 N–H and O–H groups in total. The van der Waals surface area contributed by atoms with Gasteiger partial charge in [-0.25, -0.2) is 0 Å². The predicted molar refractivity (Wildman–Crippen MR) is 58.4 cm³/mol. The van der Waals surface area contributed by atoms with Crippen molar-refractivity contribution in [3.05, 3.63) is 0 Å². The van der Waals surface area contributed by atoms with E-state index in [1.165, 1.54) is 6.42 Å². The third kappa shape index (κ3) is 4.65. The molecule has 88 valence electrons. The Morgan fingerprint density at radius 1 is 1.33 bits per heavy atom. The van der Waals surface area contributed by atoms with Crippen LogP contribution in [-0.4, -0.2) is 23.3 Å². The van der Waals surface area contributed by atoms with Crippen LogP contribution in [0.25, 0.3) is 0 Å². The molecule has 0 unspecified atom stereocenters. The maximum absolute atomic E-state index is 11.4. The van der Waals surface area contributed by atoms with Gasteiger partial charge in [0.25, 0.3) is 0 Å². The molecule has 0 heterocycles. The summed E-state index contributed by atoms with van der Waals surface area (Å²) in [6.07, 6.45) is 4.86. The predicted octanol–water partition coefficient (Wildman–Crippen LogP) is 2.27. The van der Waals surface area contributed by atoms with Gasteiger partial charge in [-0.3, -0.25) is 4.79 Å². The van der Waals surface area contributed by atoms with E-state index in [9.17, 15) is 9.90 Å². The summed E-state index contributed by atoms with van der Waals surface area (Å²) in [5.41, 5.74) is -0.785. The second-order valence-corrected chi connectivity index (χ2v) is 5.04. The molecule has 0 atom stereocenters. The van der Waals surface area contributed by atoms with Crippen molar-refractivity contribution in [1.82, 2.24) is 0 Å². The quantitative estimate of drug-likeness (QED) is 0.730. The van der Waals surface area contributed by atoms with E-state index in [2.05, 4.69) is 0 Å². The summed E-state index contributed by atoms with van der Waals surface area (Å²) in [6, 6.07) is 0. The molecule has 0 aromatic rings. The van der Waals surface area contributed by atoms with Crippen molar-refractivity contribution in [2.75, 3.05) is 6.61 Å². The highest BCUT2D eigenvalue weighted by molar-refractivity contribution is 5.70. The summed E-state index contributed by atoms with van der Waals surface area (Å²) in [4.78, 5) is 11.4. The number of carbonyl (C=O) groups excluding carboxylic acids is 1. The van der Waals surface area contributed by atoms with Crippen LogP contribution in [0.1, 0.15) is 52.4 Å². The van der Waals surface area contributed by atoms with Gasteiger partial charge in [-0.15, -0.1) is 0 Å². The first kappa shape index (κ1) is 12.5. The van der Waals surface area contributed by atoms with Crippen molar-refractivity contribution in [2.45, 2.75) is 58.0 Å². The fourth-order valence-corrected chi connectivity index (χ4v) is 1.97. The number of hydrogen-bond donors (Lipinski definition) is 1. The van der Waals surface area contributed by atoms with E-state index in [0.717, 1.165) is 25.7 Å². The lowest BCUT2D eigenvalue weighted by atomic mass is 9.82. The van der Waals surface area contributed by atoms with E-state index in [-0.39, 0.29) is 12.4 Å². The summed E-state index contributed by atoms with van der Waals surface area (Å²) in [7, 11) is 0. The molecule has 0 radical (unpaired) electrons. The molecule has 3 heteroatoms. The summed E-state index contributed by atoms with van der Waals surface area (Å²) in [5.74, 6) is 0.100. The number of carbonyl (C=O) groups is 1. The first-order valence-electron chi connectivity index (χ1n) is 5.90. The van der Waals surface area contributed by atoms with E-state index in [1.807, 2.05) is 13.8 Å². The normalized spacial score (nSPS) is 20.3. The zero-order valence-corrected chi connectivity index (χ0v) is 9.79. The highest BCUT2D eigenvalue weighted by Gasteiger charge is 2.32. The van der Waals surface area contributed by atoms with Gasteiger partial charge in [-0.1, -0.05) is 33.1 Å². The maximum atomic E-state index is 11.4. The minimum absolute atomic E-state index is 0.166. The van der Waals surface area contributed by atoms with Crippen LogP contribution < -0.4 is 0 Å². The van der Waals surface area contributed by atoms with Gasteiger partial charge >= 0.3 is 5.97 Å². The van der Waals surface area contributed by atoms with Crippen LogP contribution >= 0.6 is 0 Å². The van der Waals surface area contributed by atoms with Crippen LogP contribution in [0.4, 0.5) is 0 Å². The molecule has 0 aliphatic heterocycles. The molecule has 0 bridgehead atoms. The third-order valence-corrected chi connectivity index (χ3v) is 2.84. The maximum Gasteiger partial charge on any atom is 0.308 e. The smallest absolute Gasteiger partial charge is 0.308 e. The lowest BCUT2D eigenvalue weighted by Crippen LogP contribution is -2.34. The van der Waals surface area contributed by atoms with Crippen LogP contribution in [0.3, 0.4) is 0 Å². The Bertz CT molecular complexity index is 205. The van der Waals surface area contributed by atoms with E-state index in [0.29, 0.717) is 12.5 Å². The molecule has 0 amide bonds. The van der Waals surface area contributed by atoms with Crippen LogP contribution in [0.2, 0.25) is 0 Å². The summed E-state index contributed by atoms with van der Waals surface area (Å²) in [5, 5.41) is 10.1. The van der Waals surface area contributed by atoms with Crippen molar-refractivity contribution in [3.63, 3.8) is 0 Å². The topological polar surface area (TPSA) is 46.5 Å². The van der Waals surface area contributed by atoms with Crippen LogP contribution in [0, 0.1) is 5.92 Å². The fraction of sp³-hybridized carbons (Fsp3) is 0.917. The second kappa shape index (κ2) is 5.50. The Morgan fingerprint density at radius 2 is 1.93 bits per heavy atom. The number of hydrogen-bond acceptors (Lipinski definition) is 3. The molecule has 15 heavy (non-hydrogen) atoms. The Kier molecular flexibility index (Phi) is 4.58. The number of aliphatic hydroxyl groups is 1. The molecule has 1 fully saturated rings. The largest absolute Gasteiger partial charge is 0.465 e. The molecule has 0 saturated heterocycles. The molecule has 0 aromatic carbocycles. The van der Waals surface area contributed by atoms with Gasteiger partial charge in [0.05, 0.1) is 18.6 Å². The van der Waals surface area contributed by atoms with Crippen LogP contribution in [-0.2, 0) is 9.53 Å². The van der Waals surface area contributed by atoms with Gasteiger partial charge in [0.1, 0.15) is 0 Å². The zero-order valence-electron chi connectivity index (χ0n) is 9.79. The SMILES string of the molecule is CC(C)COC(=O)CC1(O)CCCCC1. The second-order valence-electron chi connectivity index (χ2n) is 5.04. The van der Waals surface area contributed by atoms with E-state index < -0.39 is 5.60 Å². The average molecular weight is 214 g/mol. The monoisotopic (exact) mass is 214 g/mol. The zero-order chi connectivity index (χ0) is 11.3. The lowest BCUT2D eigenvalue weighted by Gasteiger charge is -2.31. The third-order valence-electron chi connectivity index (χ3n) is 2.84. The Morgan fingerprint density at radius 3 is 2.47 bits per heavy atom. The van der Waals surface area contributed by atoms with Crippen LogP contribution in [0.15, 0.2) is 0 Å². The first-order chi connectivity index (χ1) is 7.02. The van der Waals surface area contributed by atoms with Crippen molar-refractivity contribution in [1.29, 1.82) is 0 Å². The lowest BCUT2D eigenvalue weighted by molar-refractivity contribution is -0.151. The van der Waals surface area contributed by atoms with Crippen molar-refractivity contribution < 1.29 is 14.6 Å². The van der Waals surface area contributed by atoms with Crippen molar-refractivity contribution in [3.8, 4) is 0 Å². The molecule has 3 nitrogen and oxygen atoms in total. The average Bonchev–Trinajstić information content (AvgIpc) is 2.15. The first-order valence-corrected chi connectivity index (χ1v) is 5.90. The summed E-state index contributed by atoms with van der Waals surface area (Å²) in [6.45, 7) is 4.46. The van der Waals surface area contributed by atoms with Gasteiger partial charge < -0.3 is 9.84 Å². The molecule has 0 spiro atoms. The molecule has 0 aromatic heterocycles. The van der Waals surface area contributed by atoms with E-state index in [4.69, 9.17) is 4.74 Å². The van der Waals surface area contributed by atoms with Gasteiger partial charge in [0.2, 0.25) is 0 Å². The van der Waals surface area contributed by atoms with Gasteiger partial charge in [0, 0.05) is 0 Å². The highest BCUT2D eigenvalue weighted by atomic mass is 16.5. The van der Waals surface area contributed by atoms with E-state index in [1.54, 1.807) is 0 Å². The number of esters is 1. The van der Waals surface area contributed by atoms with Crippen LogP contribution in [0.5, 0.6) is 0 Å². The Labute approximate surface area is 91.8 Å². The Balaban J connectivity index is 2.29. The van der Waals surface area contributed by atoms with E-state index >= 15 is 0 Å². The molecule has 1 saturated carbocycles. The van der Waals surface area contributed by atoms with Crippen molar-refractivity contribution >= 4 is 5.97 Å². The molecular formula is C12H22O3. The summed E-state index contributed by atoms with van der Waals surface area (Å²) >= 11 is 0. The van der Waals surface area contributed by atoms with Gasteiger partial charge in [-0.2, -0.15) is 0 Å². The molecule has 1 rings (SSSR count). The Hall–Kier alpha value is -0.570. The van der Waals surface area contributed by atoms with Crippen molar-refractivity contribution in [2.24, 2.45) is 5.92 Å². The summed E-state index contributed by atoms with van der Waals surface area (Å²) < 4.78 is 5.07. The minimum atomic E-state index is -0.785. The molecular weight excluding hydrogens is 192 g/mol. The standard InChI is InChI=1S/C12H22O3/c1-10(2)9-15-11(13)8-12(14)6-4-3-5-7-12/h10,14H,3-9H2,1-2H3. The fourth-order valence-electron chi connectivity index (χ4n) is 1.97. The van der Waals surface area contributed by atoms with Gasteiger partial charge in [0.15, 0.2) is 0 Å². The number of ether oxygens (including phenoxy) is 1. The van der Waals surface area contributed by atoms with Gasteiger partial charge in [-0.05, 0) is 18.8 Å². The number of rotatable bonds is 4. The highest BCUT2D eigenvalue weighted by Crippen LogP contribution is 2.31.